The molecule has 0 saturated carbocycles. The number of amides is 1. The number of ether oxygens (including phenoxy) is 1. The molecule has 0 N–H and O–H groups in total. The molecule has 0 radical (unpaired) electrons. The van der Waals surface area contributed by atoms with Crippen LogP contribution in [0.5, 0.6) is 0 Å². The first-order valence-corrected chi connectivity index (χ1v) is 4.15. The van der Waals surface area contributed by atoms with E-state index in [9.17, 15) is 9.59 Å². The number of carbonyl (C=O) groups is 2. The largest absolute Gasteiger partial charge is 0.469 e. The van der Waals surface area contributed by atoms with Crippen LogP contribution >= 0.6 is 0 Å². The van der Waals surface area contributed by atoms with Gasteiger partial charge in [-0.3, -0.25) is 9.59 Å². The van der Waals surface area contributed by atoms with Gasteiger partial charge in [0.25, 0.3) is 0 Å². The SMILES string of the molecule is C=CCN1CC(C(=O)OC)CC1=O. The zero-order chi connectivity index (χ0) is 9.84. The summed E-state index contributed by atoms with van der Waals surface area (Å²) >= 11 is 0. The van der Waals surface area contributed by atoms with Crippen molar-refractivity contribution < 1.29 is 14.3 Å². The molecule has 1 atom stereocenters. The van der Waals surface area contributed by atoms with E-state index in [2.05, 4.69) is 11.3 Å². The molecule has 0 aliphatic carbocycles. The molecule has 0 bridgehead atoms. The molecular weight excluding hydrogens is 170 g/mol. The zero-order valence-corrected chi connectivity index (χ0v) is 7.66. The van der Waals surface area contributed by atoms with E-state index in [1.807, 2.05) is 0 Å². The predicted molar refractivity (Wildman–Crippen MR) is 46.9 cm³/mol. The first kappa shape index (κ1) is 9.77. The Morgan fingerprint density at radius 1 is 1.85 bits per heavy atom. The van der Waals surface area contributed by atoms with Crippen molar-refractivity contribution in [1.82, 2.24) is 4.90 Å². The van der Waals surface area contributed by atoms with Gasteiger partial charge in [-0.1, -0.05) is 6.08 Å². The Morgan fingerprint density at radius 3 is 3.08 bits per heavy atom. The minimum absolute atomic E-state index is 0.00435. The molecule has 1 fully saturated rings. The quantitative estimate of drug-likeness (QED) is 0.463. The van der Waals surface area contributed by atoms with E-state index in [0.29, 0.717) is 13.1 Å². The van der Waals surface area contributed by atoms with Crippen LogP contribution < -0.4 is 0 Å². The summed E-state index contributed by atoms with van der Waals surface area (Å²) < 4.78 is 4.57. The van der Waals surface area contributed by atoms with Gasteiger partial charge in [-0.05, 0) is 0 Å². The summed E-state index contributed by atoms with van der Waals surface area (Å²) in [5.41, 5.74) is 0. The highest BCUT2D eigenvalue weighted by molar-refractivity contribution is 5.86. The van der Waals surface area contributed by atoms with E-state index in [1.165, 1.54) is 7.11 Å². The Morgan fingerprint density at radius 2 is 2.54 bits per heavy atom. The lowest BCUT2D eigenvalue weighted by Gasteiger charge is -2.12. The van der Waals surface area contributed by atoms with Crippen LogP contribution in [0, 0.1) is 5.92 Å². The summed E-state index contributed by atoms with van der Waals surface area (Å²) in [6.45, 7) is 4.50. The average molecular weight is 183 g/mol. The third-order valence-corrected chi connectivity index (χ3v) is 2.10. The van der Waals surface area contributed by atoms with Crippen molar-refractivity contribution in [3.8, 4) is 0 Å². The number of methoxy groups -OCH3 is 1. The van der Waals surface area contributed by atoms with Gasteiger partial charge in [0.15, 0.2) is 0 Å². The molecule has 0 aromatic rings. The standard InChI is InChI=1S/C9H13NO3/c1-3-4-10-6-7(5-8(10)11)9(12)13-2/h3,7H,1,4-6H2,2H3. The van der Waals surface area contributed by atoms with E-state index in [4.69, 9.17) is 0 Å². The Bertz CT molecular complexity index is 237. The topological polar surface area (TPSA) is 46.6 Å². The molecule has 72 valence electrons. The van der Waals surface area contributed by atoms with Crippen LogP contribution in [0.25, 0.3) is 0 Å². The number of likely N-dealkylation sites (tertiary alicyclic amines) is 1. The monoisotopic (exact) mass is 183 g/mol. The summed E-state index contributed by atoms with van der Waals surface area (Å²) in [5, 5.41) is 0. The van der Waals surface area contributed by atoms with Crippen molar-refractivity contribution in [2.75, 3.05) is 20.2 Å². The highest BCUT2D eigenvalue weighted by atomic mass is 16.5. The van der Waals surface area contributed by atoms with Crippen molar-refractivity contribution in [3.63, 3.8) is 0 Å². The van der Waals surface area contributed by atoms with Gasteiger partial charge in [-0.15, -0.1) is 6.58 Å². The number of esters is 1. The molecule has 1 aliphatic heterocycles. The molecule has 0 spiro atoms. The van der Waals surface area contributed by atoms with E-state index < -0.39 is 0 Å². The van der Waals surface area contributed by atoms with Gasteiger partial charge in [-0.2, -0.15) is 0 Å². The number of carbonyl (C=O) groups excluding carboxylic acids is 2. The van der Waals surface area contributed by atoms with Crippen LogP contribution in [0.3, 0.4) is 0 Å². The maximum Gasteiger partial charge on any atom is 0.310 e. The smallest absolute Gasteiger partial charge is 0.310 e. The Hall–Kier alpha value is -1.32. The molecule has 0 aromatic carbocycles. The molecule has 1 saturated heterocycles. The number of hydrogen-bond donors (Lipinski definition) is 0. The molecule has 1 amide bonds. The predicted octanol–water partition coefficient (Wildman–Crippen LogP) is 0.194. The molecular formula is C9H13NO3. The Kier molecular flexibility index (Phi) is 3.06. The fourth-order valence-corrected chi connectivity index (χ4v) is 1.43. The summed E-state index contributed by atoms with van der Waals surface area (Å²) in [6.07, 6.45) is 1.91. The maximum absolute atomic E-state index is 11.3. The van der Waals surface area contributed by atoms with Crippen LogP contribution in [0.15, 0.2) is 12.7 Å². The normalized spacial score (nSPS) is 21.8. The molecule has 0 aromatic heterocycles. The molecule has 1 aliphatic rings. The molecule has 1 heterocycles. The lowest BCUT2D eigenvalue weighted by atomic mass is 10.1. The summed E-state index contributed by atoms with van der Waals surface area (Å²) in [4.78, 5) is 24.0. The summed E-state index contributed by atoms with van der Waals surface area (Å²) in [6, 6.07) is 0. The van der Waals surface area contributed by atoms with Crippen molar-refractivity contribution in [3.05, 3.63) is 12.7 Å². The minimum atomic E-state index is -0.306. The fourth-order valence-electron chi connectivity index (χ4n) is 1.43. The van der Waals surface area contributed by atoms with Crippen molar-refractivity contribution in [2.24, 2.45) is 5.92 Å². The minimum Gasteiger partial charge on any atom is -0.469 e. The average Bonchev–Trinajstić information content (AvgIpc) is 2.47. The lowest BCUT2D eigenvalue weighted by molar-refractivity contribution is -0.145. The van der Waals surface area contributed by atoms with Crippen LogP contribution in [-0.2, 0) is 14.3 Å². The second-order valence-corrected chi connectivity index (χ2v) is 3.01. The van der Waals surface area contributed by atoms with Gasteiger partial charge in [0.05, 0.1) is 13.0 Å². The Labute approximate surface area is 77.2 Å². The molecule has 4 heteroatoms. The molecule has 1 unspecified atom stereocenters. The van der Waals surface area contributed by atoms with Gasteiger partial charge >= 0.3 is 5.97 Å². The van der Waals surface area contributed by atoms with Gasteiger partial charge in [0.2, 0.25) is 5.91 Å². The highest BCUT2D eigenvalue weighted by Gasteiger charge is 2.34. The lowest BCUT2D eigenvalue weighted by Crippen LogP contribution is -2.26. The Balaban J connectivity index is 2.54. The highest BCUT2D eigenvalue weighted by Crippen LogP contribution is 2.18. The molecule has 1 rings (SSSR count). The van der Waals surface area contributed by atoms with Crippen molar-refractivity contribution in [2.45, 2.75) is 6.42 Å². The molecule has 13 heavy (non-hydrogen) atoms. The van der Waals surface area contributed by atoms with E-state index in [1.54, 1.807) is 11.0 Å². The van der Waals surface area contributed by atoms with E-state index >= 15 is 0 Å². The van der Waals surface area contributed by atoms with Crippen LogP contribution in [-0.4, -0.2) is 37.0 Å². The van der Waals surface area contributed by atoms with Gasteiger partial charge in [0, 0.05) is 19.5 Å². The fraction of sp³-hybridized carbons (Fsp3) is 0.556. The molecule has 4 nitrogen and oxygen atoms in total. The second-order valence-electron chi connectivity index (χ2n) is 3.01. The van der Waals surface area contributed by atoms with Crippen LogP contribution in [0.2, 0.25) is 0 Å². The van der Waals surface area contributed by atoms with Gasteiger partial charge in [-0.25, -0.2) is 0 Å². The summed E-state index contributed by atoms with van der Waals surface area (Å²) in [7, 11) is 1.34. The maximum atomic E-state index is 11.3. The second kappa shape index (κ2) is 4.07. The van der Waals surface area contributed by atoms with Gasteiger partial charge in [0.1, 0.15) is 0 Å². The first-order valence-electron chi connectivity index (χ1n) is 4.15. The third kappa shape index (κ3) is 2.08. The van der Waals surface area contributed by atoms with Crippen molar-refractivity contribution >= 4 is 11.9 Å². The number of hydrogen-bond acceptors (Lipinski definition) is 3. The van der Waals surface area contributed by atoms with E-state index in [-0.39, 0.29) is 24.2 Å². The zero-order valence-electron chi connectivity index (χ0n) is 7.66. The third-order valence-electron chi connectivity index (χ3n) is 2.10. The number of nitrogens with zero attached hydrogens (tertiary/aromatic N) is 1. The summed E-state index contributed by atoms with van der Waals surface area (Å²) in [5.74, 6) is -0.604. The first-order chi connectivity index (χ1) is 6.19. The van der Waals surface area contributed by atoms with Crippen LogP contribution in [0.4, 0.5) is 0 Å². The van der Waals surface area contributed by atoms with Crippen molar-refractivity contribution in [1.29, 1.82) is 0 Å². The number of rotatable bonds is 3. The van der Waals surface area contributed by atoms with Crippen LogP contribution in [0.1, 0.15) is 6.42 Å². The van der Waals surface area contributed by atoms with E-state index in [0.717, 1.165) is 0 Å². The van der Waals surface area contributed by atoms with Gasteiger partial charge < -0.3 is 9.64 Å².